The zero-order valence-corrected chi connectivity index (χ0v) is 16.3. The van der Waals surface area contributed by atoms with Crippen LogP contribution in [0.15, 0.2) is 30.3 Å². The molecule has 2 amide bonds. The van der Waals surface area contributed by atoms with Crippen LogP contribution in [-0.2, 0) is 16.0 Å². The average Bonchev–Trinajstić information content (AvgIpc) is 2.65. The Bertz CT molecular complexity index is 596. The van der Waals surface area contributed by atoms with Crippen molar-refractivity contribution in [3.05, 3.63) is 35.9 Å². The van der Waals surface area contributed by atoms with E-state index < -0.39 is 5.97 Å². The molecular formula is C20H31N3O4. The zero-order valence-electron chi connectivity index (χ0n) is 16.3. The Balaban J connectivity index is 1.91. The van der Waals surface area contributed by atoms with Crippen molar-refractivity contribution in [3.8, 4) is 0 Å². The van der Waals surface area contributed by atoms with Gasteiger partial charge >= 0.3 is 12.0 Å². The molecule has 1 aliphatic heterocycles. The summed E-state index contributed by atoms with van der Waals surface area (Å²) in [7, 11) is 1.69. The summed E-state index contributed by atoms with van der Waals surface area (Å²) >= 11 is 0. The third-order valence-corrected chi connectivity index (χ3v) is 4.99. The number of carbonyl (C=O) groups excluding carboxylic acids is 1. The molecule has 1 aromatic carbocycles. The topological polar surface area (TPSA) is 82.1 Å². The molecule has 0 bridgehead atoms. The first-order valence-electron chi connectivity index (χ1n) is 9.53. The Kier molecular flexibility index (Phi) is 8.54. The molecule has 1 aromatic rings. The van der Waals surface area contributed by atoms with Gasteiger partial charge in [-0.2, -0.15) is 0 Å². The predicted molar refractivity (Wildman–Crippen MR) is 104 cm³/mol. The molecule has 0 saturated carbocycles. The highest BCUT2D eigenvalue weighted by molar-refractivity contribution is 5.75. The molecule has 1 saturated heterocycles. The molecule has 2 N–H and O–H groups in total. The molecule has 7 nitrogen and oxygen atoms in total. The number of nitrogens with one attached hydrogen (secondary N) is 1. The van der Waals surface area contributed by atoms with Crippen molar-refractivity contribution in [2.45, 2.75) is 38.3 Å². The summed E-state index contributed by atoms with van der Waals surface area (Å²) in [6.45, 7) is 5.80. The van der Waals surface area contributed by atoms with E-state index in [0.29, 0.717) is 32.5 Å². The standard InChI is InChI=1S/C20H31N3O4/c1-16-15-23(11-10-22(16)12-13-27-2)20(26)21-18(8-9-19(24)25)14-17-6-4-3-5-7-17/h3-7,16,18H,8-15H2,1-2H3,(H,21,26)(H,24,25). The monoisotopic (exact) mass is 377 g/mol. The summed E-state index contributed by atoms with van der Waals surface area (Å²) in [6.07, 6.45) is 1.08. The van der Waals surface area contributed by atoms with Crippen molar-refractivity contribution in [2.24, 2.45) is 0 Å². The van der Waals surface area contributed by atoms with Gasteiger partial charge in [-0.25, -0.2) is 4.79 Å². The van der Waals surface area contributed by atoms with Gasteiger partial charge < -0.3 is 20.1 Å². The molecule has 2 unspecified atom stereocenters. The largest absolute Gasteiger partial charge is 0.481 e. The lowest BCUT2D eigenvalue weighted by molar-refractivity contribution is -0.137. The van der Waals surface area contributed by atoms with Gasteiger partial charge in [-0.05, 0) is 25.3 Å². The maximum Gasteiger partial charge on any atom is 0.317 e. The fraction of sp³-hybridized carbons (Fsp3) is 0.600. The van der Waals surface area contributed by atoms with Gasteiger partial charge in [-0.1, -0.05) is 30.3 Å². The SMILES string of the molecule is COCCN1CCN(C(=O)NC(CCC(=O)O)Cc2ccccc2)CC1C. The fourth-order valence-corrected chi connectivity index (χ4v) is 3.41. The fourth-order valence-electron chi connectivity index (χ4n) is 3.41. The van der Waals surface area contributed by atoms with Gasteiger partial charge in [0.25, 0.3) is 0 Å². The van der Waals surface area contributed by atoms with Gasteiger partial charge in [0.15, 0.2) is 0 Å². The third kappa shape index (κ3) is 7.19. The van der Waals surface area contributed by atoms with Crippen molar-refractivity contribution in [1.29, 1.82) is 0 Å². The summed E-state index contributed by atoms with van der Waals surface area (Å²) in [6, 6.07) is 9.80. The van der Waals surface area contributed by atoms with E-state index in [1.807, 2.05) is 35.2 Å². The van der Waals surface area contributed by atoms with E-state index in [0.717, 1.165) is 18.7 Å². The van der Waals surface area contributed by atoms with Crippen molar-refractivity contribution in [1.82, 2.24) is 15.1 Å². The lowest BCUT2D eigenvalue weighted by Crippen LogP contribution is -2.57. The number of amides is 2. The van der Waals surface area contributed by atoms with Crippen molar-refractivity contribution in [3.63, 3.8) is 0 Å². The molecule has 7 heteroatoms. The van der Waals surface area contributed by atoms with E-state index in [1.165, 1.54) is 0 Å². The Labute approximate surface area is 161 Å². The number of carbonyl (C=O) groups is 2. The number of nitrogens with zero attached hydrogens (tertiary/aromatic N) is 2. The lowest BCUT2D eigenvalue weighted by Gasteiger charge is -2.40. The molecular weight excluding hydrogens is 346 g/mol. The highest BCUT2D eigenvalue weighted by atomic mass is 16.5. The quantitative estimate of drug-likeness (QED) is 0.686. The van der Waals surface area contributed by atoms with Gasteiger partial charge in [0, 0.05) is 51.8 Å². The Hall–Kier alpha value is -2.12. The maximum atomic E-state index is 12.7. The van der Waals surface area contributed by atoms with Crippen LogP contribution in [0.4, 0.5) is 4.79 Å². The van der Waals surface area contributed by atoms with Gasteiger partial charge in [-0.15, -0.1) is 0 Å². The van der Waals surface area contributed by atoms with E-state index in [2.05, 4.69) is 17.1 Å². The zero-order chi connectivity index (χ0) is 19.6. The minimum atomic E-state index is -0.845. The summed E-state index contributed by atoms with van der Waals surface area (Å²) in [5.74, 6) is -0.845. The van der Waals surface area contributed by atoms with E-state index in [4.69, 9.17) is 9.84 Å². The first kappa shape index (κ1) is 21.2. The second-order valence-electron chi connectivity index (χ2n) is 7.09. The number of carboxylic acids is 1. The first-order valence-corrected chi connectivity index (χ1v) is 9.53. The number of hydrogen-bond acceptors (Lipinski definition) is 4. The molecule has 1 fully saturated rings. The van der Waals surface area contributed by atoms with Crippen LogP contribution in [0.5, 0.6) is 0 Å². The van der Waals surface area contributed by atoms with Crippen LogP contribution < -0.4 is 5.32 Å². The predicted octanol–water partition coefficient (Wildman–Crippen LogP) is 1.82. The van der Waals surface area contributed by atoms with Gasteiger partial charge in [0.1, 0.15) is 0 Å². The Morgan fingerprint density at radius 2 is 2.04 bits per heavy atom. The molecule has 150 valence electrons. The smallest absolute Gasteiger partial charge is 0.317 e. The number of piperazine rings is 1. The Morgan fingerprint density at radius 3 is 2.67 bits per heavy atom. The number of urea groups is 1. The number of rotatable bonds is 9. The number of aliphatic carboxylic acids is 1. The molecule has 27 heavy (non-hydrogen) atoms. The Morgan fingerprint density at radius 1 is 1.30 bits per heavy atom. The van der Waals surface area contributed by atoms with E-state index in [-0.39, 0.29) is 24.5 Å². The highest BCUT2D eigenvalue weighted by Crippen LogP contribution is 2.12. The molecule has 0 spiro atoms. The number of benzene rings is 1. The number of hydrogen-bond donors (Lipinski definition) is 2. The summed E-state index contributed by atoms with van der Waals surface area (Å²) in [5, 5.41) is 12.1. The third-order valence-electron chi connectivity index (χ3n) is 4.99. The van der Waals surface area contributed by atoms with E-state index in [1.54, 1.807) is 7.11 Å². The van der Waals surface area contributed by atoms with Crippen molar-refractivity contribution >= 4 is 12.0 Å². The van der Waals surface area contributed by atoms with Crippen LogP contribution in [0.3, 0.4) is 0 Å². The molecule has 1 heterocycles. The number of ether oxygens (including phenoxy) is 1. The molecule has 0 aliphatic carbocycles. The summed E-state index contributed by atoms with van der Waals surface area (Å²) in [5.41, 5.74) is 1.09. The van der Waals surface area contributed by atoms with Gasteiger partial charge in [0.05, 0.1) is 6.61 Å². The maximum absolute atomic E-state index is 12.7. The molecule has 2 atom stereocenters. The van der Waals surface area contributed by atoms with Crippen LogP contribution in [-0.4, -0.2) is 78.9 Å². The highest BCUT2D eigenvalue weighted by Gasteiger charge is 2.27. The molecule has 1 aliphatic rings. The normalized spacial score (nSPS) is 18.9. The van der Waals surface area contributed by atoms with Crippen molar-refractivity contribution in [2.75, 3.05) is 39.9 Å². The van der Waals surface area contributed by atoms with Gasteiger partial charge in [0.2, 0.25) is 0 Å². The molecule has 2 rings (SSSR count). The van der Waals surface area contributed by atoms with Crippen LogP contribution in [0.2, 0.25) is 0 Å². The number of carboxylic acid groups (broad SMARTS) is 1. The minimum absolute atomic E-state index is 0.0407. The second-order valence-corrected chi connectivity index (χ2v) is 7.09. The second kappa shape index (κ2) is 10.9. The molecule has 0 radical (unpaired) electrons. The summed E-state index contributed by atoms with van der Waals surface area (Å²) < 4.78 is 5.14. The van der Waals surface area contributed by atoms with Crippen LogP contribution in [0.1, 0.15) is 25.3 Å². The van der Waals surface area contributed by atoms with Crippen LogP contribution >= 0.6 is 0 Å². The lowest BCUT2D eigenvalue weighted by atomic mass is 10.0. The number of methoxy groups -OCH3 is 1. The van der Waals surface area contributed by atoms with Gasteiger partial charge in [-0.3, -0.25) is 9.69 Å². The molecule has 0 aromatic heterocycles. The minimum Gasteiger partial charge on any atom is -0.481 e. The summed E-state index contributed by atoms with van der Waals surface area (Å²) in [4.78, 5) is 27.8. The van der Waals surface area contributed by atoms with E-state index >= 15 is 0 Å². The average molecular weight is 377 g/mol. The van der Waals surface area contributed by atoms with Crippen molar-refractivity contribution < 1.29 is 19.4 Å². The van der Waals surface area contributed by atoms with E-state index in [9.17, 15) is 9.59 Å². The first-order chi connectivity index (χ1) is 13.0. The van der Waals surface area contributed by atoms with Crippen LogP contribution in [0, 0.1) is 0 Å². The van der Waals surface area contributed by atoms with Crippen LogP contribution in [0.25, 0.3) is 0 Å².